The monoisotopic (exact) mass is 328 g/mol. The van der Waals surface area contributed by atoms with Gasteiger partial charge in [0.1, 0.15) is 5.75 Å². The third-order valence-corrected chi connectivity index (χ3v) is 3.63. The number of ether oxygens (including phenoxy) is 1. The van der Waals surface area contributed by atoms with Gasteiger partial charge >= 0.3 is 0 Å². The number of carbonyl (C=O) groups excluding carboxylic acids is 1. The molecule has 1 N–H and O–H groups in total. The smallest absolute Gasteiger partial charge is 0.272 e. The van der Waals surface area contributed by atoms with E-state index >= 15 is 0 Å². The predicted molar refractivity (Wildman–Crippen MR) is 90.9 cm³/mol. The molecule has 1 atom stereocenters. The second-order valence-electron chi connectivity index (χ2n) is 5.67. The van der Waals surface area contributed by atoms with Gasteiger partial charge in [0.2, 0.25) is 0 Å². The fourth-order valence-electron chi connectivity index (χ4n) is 2.20. The molecular formula is C18H20N2O4. The van der Waals surface area contributed by atoms with E-state index in [0.717, 1.165) is 11.1 Å². The number of benzene rings is 2. The molecule has 0 spiro atoms. The Balaban J connectivity index is 1.92. The molecule has 0 saturated carbocycles. The molecule has 6 nitrogen and oxygen atoms in total. The van der Waals surface area contributed by atoms with Crippen molar-refractivity contribution in [3.8, 4) is 5.75 Å². The normalized spacial score (nSPS) is 11.6. The lowest BCUT2D eigenvalue weighted by molar-refractivity contribution is -0.385. The molecule has 24 heavy (non-hydrogen) atoms. The Hall–Kier alpha value is -2.89. The van der Waals surface area contributed by atoms with Gasteiger partial charge in [0.25, 0.3) is 11.6 Å². The van der Waals surface area contributed by atoms with Crippen LogP contribution in [-0.4, -0.2) is 16.9 Å². The maximum Gasteiger partial charge on any atom is 0.272 e. The van der Waals surface area contributed by atoms with E-state index in [9.17, 15) is 14.9 Å². The minimum atomic E-state index is -0.698. The zero-order chi connectivity index (χ0) is 17.7. The van der Waals surface area contributed by atoms with E-state index in [1.165, 1.54) is 12.1 Å². The number of nitrogens with one attached hydrogen (secondary N) is 1. The minimum Gasteiger partial charge on any atom is -0.481 e. The highest BCUT2D eigenvalue weighted by atomic mass is 16.6. The number of hydrogen-bond donors (Lipinski definition) is 1. The summed E-state index contributed by atoms with van der Waals surface area (Å²) in [5.74, 6) is 0.183. The zero-order valence-electron chi connectivity index (χ0n) is 13.9. The molecule has 2 rings (SSSR count). The maximum absolute atomic E-state index is 12.1. The van der Waals surface area contributed by atoms with Gasteiger partial charge in [-0.05, 0) is 38.5 Å². The topological polar surface area (TPSA) is 81.5 Å². The summed E-state index contributed by atoms with van der Waals surface area (Å²) in [5.41, 5.74) is 2.69. The van der Waals surface area contributed by atoms with Gasteiger partial charge < -0.3 is 10.1 Å². The zero-order valence-corrected chi connectivity index (χ0v) is 13.9. The molecule has 2 aromatic carbocycles. The molecule has 0 saturated heterocycles. The lowest BCUT2D eigenvalue weighted by atomic mass is 10.1. The Bertz CT molecular complexity index is 741. The van der Waals surface area contributed by atoms with Crippen LogP contribution in [0.25, 0.3) is 0 Å². The average Bonchev–Trinajstić information content (AvgIpc) is 2.53. The fourth-order valence-corrected chi connectivity index (χ4v) is 2.20. The van der Waals surface area contributed by atoms with E-state index in [4.69, 9.17) is 4.74 Å². The Morgan fingerprint density at radius 3 is 2.46 bits per heavy atom. The van der Waals surface area contributed by atoms with Crippen molar-refractivity contribution in [3.05, 3.63) is 69.3 Å². The van der Waals surface area contributed by atoms with Crippen LogP contribution in [0.5, 0.6) is 5.75 Å². The third kappa shape index (κ3) is 4.55. The van der Waals surface area contributed by atoms with Crippen molar-refractivity contribution in [1.82, 2.24) is 5.32 Å². The van der Waals surface area contributed by atoms with Crippen molar-refractivity contribution in [1.29, 1.82) is 0 Å². The highest BCUT2D eigenvalue weighted by Crippen LogP contribution is 2.23. The van der Waals surface area contributed by atoms with Gasteiger partial charge in [0.15, 0.2) is 6.10 Å². The molecule has 0 bridgehead atoms. The van der Waals surface area contributed by atoms with Crippen LogP contribution in [0.4, 0.5) is 5.69 Å². The summed E-state index contributed by atoms with van der Waals surface area (Å²) in [6, 6.07) is 12.3. The maximum atomic E-state index is 12.1. The molecule has 1 amide bonds. The molecule has 6 heteroatoms. The Morgan fingerprint density at radius 1 is 1.21 bits per heavy atom. The number of nitro benzene ring substituents is 1. The first-order valence-corrected chi connectivity index (χ1v) is 7.62. The number of rotatable bonds is 6. The van der Waals surface area contributed by atoms with Crippen LogP contribution in [0.2, 0.25) is 0 Å². The standard InChI is InChI=1S/C18H20N2O4/c1-12-4-6-15(7-5-12)11-19-18(21)14(3)24-16-8-9-17(20(22)23)13(2)10-16/h4-10,14H,11H2,1-3H3,(H,19,21)/t14-/m1/s1. The van der Waals surface area contributed by atoms with Gasteiger partial charge in [-0.1, -0.05) is 29.8 Å². The van der Waals surface area contributed by atoms with E-state index in [1.807, 2.05) is 31.2 Å². The van der Waals surface area contributed by atoms with Crippen LogP contribution in [0, 0.1) is 24.0 Å². The first kappa shape index (κ1) is 17.5. The SMILES string of the molecule is Cc1ccc(CNC(=O)[C@@H](C)Oc2ccc([N+](=O)[O-])c(C)c2)cc1. The van der Waals surface area contributed by atoms with Crippen molar-refractivity contribution >= 4 is 11.6 Å². The van der Waals surface area contributed by atoms with Gasteiger partial charge in [-0.25, -0.2) is 0 Å². The van der Waals surface area contributed by atoms with Crippen molar-refractivity contribution in [2.75, 3.05) is 0 Å². The lowest BCUT2D eigenvalue weighted by Gasteiger charge is -2.15. The number of hydrogen-bond acceptors (Lipinski definition) is 4. The molecule has 0 aromatic heterocycles. The molecule has 0 heterocycles. The number of nitro groups is 1. The van der Waals surface area contributed by atoms with Crippen molar-refractivity contribution in [2.45, 2.75) is 33.4 Å². The molecule has 0 fully saturated rings. The fraction of sp³-hybridized carbons (Fsp3) is 0.278. The van der Waals surface area contributed by atoms with Crippen LogP contribution in [0.1, 0.15) is 23.6 Å². The van der Waals surface area contributed by atoms with E-state index in [1.54, 1.807) is 19.9 Å². The van der Waals surface area contributed by atoms with Gasteiger partial charge in [-0.2, -0.15) is 0 Å². The molecular weight excluding hydrogens is 308 g/mol. The summed E-state index contributed by atoms with van der Waals surface area (Å²) in [6.45, 7) is 5.70. The van der Waals surface area contributed by atoms with E-state index in [0.29, 0.717) is 17.9 Å². The quantitative estimate of drug-likeness (QED) is 0.651. The highest BCUT2D eigenvalue weighted by Gasteiger charge is 2.16. The van der Waals surface area contributed by atoms with Gasteiger partial charge in [0.05, 0.1) is 4.92 Å². The predicted octanol–water partition coefficient (Wildman–Crippen LogP) is 3.30. The summed E-state index contributed by atoms with van der Waals surface area (Å²) >= 11 is 0. The van der Waals surface area contributed by atoms with Crippen LogP contribution >= 0.6 is 0 Å². The van der Waals surface area contributed by atoms with E-state index in [2.05, 4.69) is 5.32 Å². The van der Waals surface area contributed by atoms with Gasteiger partial charge in [-0.3, -0.25) is 14.9 Å². The van der Waals surface area contributed by atoms with E-state index in [-0.39, 0.29) is 11.6 Å². The molecule has 0 unspecified atom stereocenters. The number of nitrogens with zero attached hydrogens (tertiary/aromatic N) is 1. The van der Waals surface area contributed by atoms with Crippen molar-refractivity contribution in [2.24, 2.45) is 0 Å². The second-order valence-corrected chi connectivity index (χ2v) is 5.67. The van der Waals surface area contributed by atoms with Crippen molar-refractivity contribution < 1.29 is 14.5 Å². The minimum absolute atomic E-state index is 0.0267. The average molecular weight is 328 g/mol. The van der Waals surface area contributed by atoms with Crippen LogP contribution in [0.3, 0.4) is 0 Å². The summed E-state index contributed by atoms with van der Waals surface area (Å²) < 4.78 is 5.56. The molecule has 0 aliphatic rings. The highest BCUT2D eigenvalue weighted by molar-refractivity contribution is 5.80. The summed E-state index contributed by atoms with van der Waals surface area (Å²) in [4.78, 5) is 22.5. The largest absolute Gasteiger partial charge is 0.481 e. The molecule has 2 aromatic rings. The number of aryl methyl sites for hydroxylation is 2. The summed E-state index contributed by atoms with van der Waals surface area (Å²) in [7, 11) is 0. The van der Waals surface area contributed by atoms with Crippen LogP contribution in [0.15, 0.2) is 42.5 Å². The summed E-state index contributed by atoms with van der Waals surface area (Å²) in [6.07, 6.45) is -0.698. The number of carbonyl (C=O) groups is 1. The lowest BCUT2D eigenvalue weighted by Crippen LogP contribution is -2.35. The van der Waals surface area contributed by atoms with Crippen LogP contribution in [-0.2, 0) is 11.3 Å². The third-order valence-electron chi connectivity index (χ3n) is 3.63. The summed E-state index contributed by atoms with van der Waals surface area (Å²) in [5, 5.41) is 13.6. The Kier molecular flexibility index (Phi) is 5.52. The first-order valence-electron chi connectivity index (χ1n) is 7.62. The molecule has 126 valence electrons. The Labute approximate surface area is 140 Å². The molecule has 0 aliphatic heterocycles. The van der Waals surface area contributed by atoms with Gasteiger partial charge in [0, 0.05) is 18.2 Å². The van der Waals surface area contributed by atoms with Crippen molar-refractivity contribution in [3.63, 3.8) is 0 Å². The Morgan fingerprint density at radius 2 is 1.88 bits per heavy atom. The first-order chi connectivity index (χ1) is 11.4. The molecule has 0 aliphatic carbocycles. The number of amides is 1. The van der Waals surface area contributed by atoms with E-state index < -0.39 is 11.0 Å². The second kappa shape index (κ2) is 7.59. The van der Waals surface area contributed by atoms with Gasteiger partial charge in [-0.15, -0.1) is 0 Å². The van der Waals surface area contributed by atoms with Crippen LogP contribution < -0.4 is 10.1 Å². The molecule has 0 radical (unpaired) electrons.